The van der Waals surface area contributed by atoms with Gasteiger partial charge in [0.05, 0.1) is 18.5 Å². The molecule has 214 valence electrons. The molecule has 0 saturated carbocycles. The number of aromatic nitrogens is 3. The van der Waals surface area contributed by atoms with Crippen LogP contribution in [0.2, 0.25) is 0 Å². The number of aromatic amines is 1. The maximum absolute atomic E-state index is 14.6. The SMILES string of the molecule is COc1c([C@@H]2C[C@](C)(C(F)(F)F)O[C@H]2c2nc3c(C(N)=O)nc(NC(=O)C4CCNC4)cc3[nH]2)ccc(F)c1F. The monoisotopic (exact) mass is 568 g/mol. The third kappa shape index (κ3) is 4.72. The zero-order valence-corrected chi connectivity index (χ0v) is 21.3. The number of amides is 2. The lowest BCUT2D eigenvalue weighted by atomic mass is 9.86. The van der Waals surface area contributed by atoms with Crippen LogP contribution in [0.15, 0.2) is 18.2 Å². The maximum atomic E-state index is 14.6. The summed E-state index contributed by atoms with van der Waals surface area (Å²) in [6, 6.07) is 3.28. The van der Waals surface area contributed by atoms with Gasteiger partial charge in [-0.15, -0.1) is 0 Å². The van der Waals surface area contributed by atoms with E-state index >= 15 is 0 Å². The first-order valence-corrected chi connectivity index (χ1v) is 12.3. The van der Waals surface area contributed by atoms with Crippen LogP contribution in [0.4, 0.5) is 27.8 Å². The van der Waals surface area contributed by atoms with E-state index in [0.717, 1.165) is 26.2 Å². The predicted octanol–water partition coefficient (Wildman–Crippen LogP) is 3.46. The van der Waals surface area contributed by atoms with Gasteiger partial charge in [-0.05, 0) is 32.4 Å². The number of rotatable bonds is 6. The van der Waals surface area contributed by atoms with Crippen molar-refractivity contribution in [3.63, 3.8) is 0 Å². The van der Waals surface area contributed by atoms with Gasteiger partial charge in [-0.25, -0.2) is 14.4 Å². The van der Waals surface area contributed by atoms with Gasteiger partial charge in [0.15, 0.2) is 22.9 Å². The number of nitrogens with zero attached hydrogens (tertiary/aromatic N) is 2. The molecular formula is C25H25F5N6O4. The number of anilines is 1. The van der Waals surface area contributed by atoms with Crippen molar-refractivity contribution in [2.75, 3.05) is 25.5 Å². The first-order chi connectivity index (χ1) is 18.8. The number of fused-ring (bicyclic) bond motifs is 1. The molecule has 0 spiro atoms. The number of benzene rings is 1. The Hall–Kier alpha value is -3.85. The summed E-state index contributed by atoms with van der Waals surface area (Å²) in [6.45, 7) is 1.98. The van der Waals surface area contributed by atoms with Gasteiger partial charge >= 0.3 is 6.18 Å². The lowest BCUT2D eigenvalue weighted by Gasteiger charge is -2.27. The van der Waals surface area contributed by atoms with Crippen LogP contribution >= 0.6 is 0 Å². The van der Waals surface area contributed by atoms with E-state index in [0.29, 0.717) is 19.5 Å². The molecule has 10 nitrogen and oxygen atoms in total. The van der Waals surface area contributed by atoms with Crippen LogP contribution in [0.25, 0.3) is 11.0 Å². The molecule has 0 radical (unpaired) electrons. The molecular weight excluding hydrogens is 543 g/mol. The van der Waals surface area contributed by atoms with Gasteiger partial charge in [-0.3, -0.25) is 9.59 Å². The molecule has 2 fully saturated rings. The minimum atomic E-state index is -4.83. The molecule has 1 aromatic carbocycles. The maximum Gasteiger partial charge on any atom is 0.417 e. The minimum absolute atomic E-state index is 0.0142. The summed E-state index contributed by atoms with van der Waals surface area (Å²) in [6.07, 6.45) is -6.35. The van der Waals surface area contributed by atoms with E-state index < -0.39 is 53.5 Å². The molecule has 2 aromatic heterocycles. The summed E-state index contributed by atoms with van der Waals surface area (Å²) in [7, 11) is 1.07. The van der Waals surface area contributed by atoms with Crippen LogP contribution in [0.1, 0.15) is 53.7 Å². The molecule has 3 aromatic rings. The highest BCUT2D eigenvalue weighted by molar-refractivity contribution is 6.04. The second-order valence-electron chi connectivity index (χ2n) is 9.98. The van der Waals surface area contributed by atoms with Crippen molar-refractivity contribution in [2.45, 2.75) is 43.6 Å². The van der Waals surface area contributed by atoms with Gasteiger partial charge in [0.1, 0.15) is 23.3 Å². The molecule has 2 aliphatic heterocycles. The average Bonchev–Trinajstić information content (AvgIpc) is 3.63. The second-order valence-corrected chi connectivity index (χ2v) is 9.98. The molecule has 15 heteroatoms. The first-order valence-electron chi connectivity index (χ1n) is 12.3. The van der Waals surface area contributed by atoms with Gasteiger partial charge < -0.3 is 30.8 Å². The highest BCUT2D eigenvalue weighted by Crippen LogP contribution is 2.56. The van der Waals surface area contributed by atoms with E-state index in [9.17, 15) is 31.5 Å². The number of nitrogens with two attached hydrogens (primary N) is 1. The number of carbonyl (C=O) groups excluding carboxylic acids is 2. The third-order valence-electron chi connectivity index (χ3n) is 7.32. The van der Waals surface area contributed by atoms with Gasteiger partial charge in [0, 0.05) is 24.1 Å². The Morgan fingerprint density at radius 3 is 2.62 bits per heavy atom. The zero-order valence-electron chi connectivity index (χ0n) is 21.3. The molecule has 40 heavy (non-hydrogen) atoms. The number of hydrogen-bond donors (Lipinski definition) is 4. The number of H-pyrrole nitrogens is 1. The number of primary amides is 1. The molecule has 0 bridgehead atoms. The first kappa shape index (κ1) is 27.7. The second kappa shape index (κ2) is 9.96. The number of imidazole rings is 1. The Kier molecular flexibility index (Phi) is 6.90. The fraction of sp³-hybridized carbons (Fsp3) is 0.440. The quantitative estimate of drug-likeness (QED) is 0.334. The zero-order chi connectivity index (χ0) is 29.0. The van der Waals surface area contributed by atoms with E-state index in [-0.39, 0.29) is 45.8 Å². The summed E-state index contributed by atoms with van der Waals surface area (Å²) in [5.74, 6) is -6.16. The highest BCUT2D eigenvalue weighted by atomic mass is 19.4. The number of carbonyl (C=O) groups is 2. The number of nitrogens with one attached hydrogen (secondary N) is 3. The summed E-state index contributed by atoms with van der Waals surface area (Å²) >= 11 is 0. The van der Waals surface area contributed by atoms with Crippen molar-refractivity contribution < 1.29 is 41.0 Å². The Bertz CT molecular complexity index is 1490. The van der Waals surface area contributed by atoms with Crippen LogP contribution in [0.5, 0.6) is 5.75 Å². The van der Waals surface area contributed by atoms with Gasteiger partial charge in [0.25, 0.3) is 5.91 Å². The Balaban J connectivity index is 1.60. The van der Waals surface area contributed by atoms with E-state index in [4.69, 9.17) is 15.2 Å². The molecule has 5 rings (SSSR count). The van der Waals surface area contributed by atoms with E-state index in [2.05, 4.69) is 25.6 Å². The number of ether oxygens (including phenoxy) is 2. The van der Waals surface area contributed by atoms with Crippen molar-refractivity contribution in [3.05, 3.63) is 46.9 Å². The van der Waals surface area contributed by atoms with Gasteiger partial charge in [-0.1, -0.05) is 6.07 Å². The molecule has 2 amide bonds. The number of hydrogen-bond acceptors (Lipinski definition) is 7. The van der Waals surface area contributed by atoms with Crippen LogP contribution in [-0.2, 0) is 9.53 Å². The van der Waals surface area contributed by atoms with Gasteiger partial charge in [-0.2, -0.15) is 17.6 Å². The molecule has 5 N–H and O–H groups in total. The lowest BCUT2D eigenvalue weighted by Crippen LogP contribution is -2.41. The Labute approximate surface area is 223 Å². The van der Waals surface area contributed by atoms with Crippen LogP contribution in [-0.4, -0.2) is 58.7 Å². The molecule has 2 saturated heterocycles. The predicted molar refractivity (Wildman–Crippen MR) is 131 cm³/mol. The van der Waals surface area contributed by atoms with E-state index in [1.165, 1.54) is 6.07 Å². The topological polar surface area (TPSA) is 144 Å². The molecule has 4 heterocycles. The van der Waals surface area contributed by atoms with Crippen LogP contribution in [0, 0.1) is 17.6 Å². The molecule has 2 aliphatic rings. The standard InChI is InChI=1S/C25H25F5N6O4/c1-24(25(28,29)30)8-12(11-3-4-13(26)16(27)19(11)39-2)20(40-24)22-33-14-7-15(34-18(21(31)37)17(14)36-22)35-23(38)10-5-6-32-9-10/h3-4,7,10,12,20,32H,5-6,8-9H2,1-2H3,(H2,31,37)(H,33,36)(H,34,35,38)/t10?,12-,20+,24+/m0/s1. The van der Waals surface area contributed by atoms with Crippen molar-refractivity contribution in [2.24, 2.45) is 11.7 Å². The fourth-order valence-electron chi connectivity index (χ4n) is 5.20. The summed E-state index contributed by atoms with van der Waals surface area (Å²) in [5, 5.41) is 5.69. The van der Waals surface area contributed by atoms with Crippen molar-refractivity contribution in [1.82, 2.24) is 20.3 Å². The normalized spacial score (nSPS) is 24.9. The number of halogens is 5. The Morgan fingerprint density at radius 1 is 1.25 bits per heavy atom. The largest absolute Gasteiger partial charge is 0.493 e. The molecule has 1 unspecified atom stereocenters. The molecule has 4 atom stereocenters. The average molecular weight is 569 g/mol. The van der Waals surface area contributed by atoms with Gasteiger partial charge in [0.2, 0.25) is 11.7 Å². The van der Waals surface area contributed by atoms with Crippen LogP contribution in [0.3, 0.4) is 0 Å². The minimum Gasteiger partial charge on any atom is -0.493 e. The van der Waals surface area contributed by atoms with Crippen molar-refractivity contribution in [1.29, 1.82) is 0 Å². The Morgan fingerprint density at radius 2 is 2.00 bits per heavy atom. The summed E-state index contributed by atoms with van der Waals surface area (Å²) in [5.41, 5.74) is 2.49. The van der Waals surface area contributed by atoms with Crippen molar-refractivity contribution >= 4 is 28.7 Å². The molecule has 0 aliphatic carbocycles. The van der Waals surface area contributed by atoms with Crippen LogP contribution < -0.4 is 21.1 Å². The highest BCUT2D eigenvalue weighted by Gasteiger charge is 2.61. The van der Waals surface area contributed by atoms with Crippen molar-refractivity contribution in [3.8, 4) is 5.75 Å². The summed E-state index contributed by atoms with van der Waals surface area (Å²) < 4.78 is 81.3. The smallest absolute Gasteiger partial charge is 0.417 e. The number of pyridine rings is 1. The number of methoxy groups -OCH3 is 1. The third-order valence-corrected chi connectivity index (χ3v) is 7.32. The van der Waals surface area contributed by atoms with E-state index in [1.807, 2.05) is 0 Å². The lowest BCUT2D eigenvalue weighted by molar-refractivity contribution is -0.265. The number of alkyl halides is 3. The summed E-state index contributed by atoms with van der Waals surface area (Å²) in [4.78, 5) is 36.1. The van der Waals surface area contributed by atoms with E-state index in [1.54, 1.807) is 0 Å². The fourth-order valence-corrected chi connectivity index (χ4v) is 5.20.